The molecule has 1 heterocycles. The minimum absolute atomic E-state index is 0.253. The Morgan fingerprint density at radius 2 is 1.49 bits per heavy atom. The zero-order chi connectivity index (χ0) is 24.7. The van der Waals surface area contributed by atoms with Gasteiger partial charge in [0.05, 0.1) is 37.3 Å². The van der Waals surface area contributed by atoms with E-state index in [0.29, 0.717) is 12.8 Å². The van der Waals surface area contributed by atoms with E-state index in [1.807, 2.05) is 32.0 Å². The van der Waals surface area contributed by atoms with Crippen molar-refractivity contribution in [3.05, 3.63) is 64.0 Å². The third kappa shape index (κ3) is 3.83. The third-order valence-electron chi connectivity index (χ3n) is 7.64. The molecular weight excluding hydrogens is 438 g/mol. The first kappa shape index (κ1) is 23.3. The highest BCUT2D eigenvalue weighted by atomic mass is 16.5. The lowest BCUT2D eigenvalue weighted by molar-refractivity contribution is -0.146. The first-order valence-electron chi connectivity index (χ1n) is 12.3. The quantitative estimate of drug-likeness (QED) is 0.505. The zero-order valence-electron chi connectivity index (χ0n) is 20.8. The molecule has 0 aliphatic heterocycles. The van der Waals surface area contributed by atoms with E-state index in [1.165, 1.54) is 24.7 Å². The fraction of sp³-hybridized carbons (Fsp3) is 0.367. The Morgan fingerprint density at radius 1 is 0.886 bits per heavy atom. The Morgan fingerprint density at radius 3 is 2.11 bits per heavy atom. The van der Waals surface area contributed by atoms with Crippen molar-refractivity contribution in [2.45, 2.75) is 44.9 Å². The van der Waals surface area contributed by atoms with Crippen LogP contribution in [0.25, 0.3) is 34.3 Å². The van der Waals surface area contributed by atoms with E-state index in [2.05, 4.69) is 36.4 Å². The summed E-state index contributed by atoms with van der Waals surface area (Å²) in [4.78, 5) is 30.4. The summed E-state index contributed by atoms with van der Waals surface area (Å²) in [6.45, 7) is 3.81. The molecule has 2 atom stereocenters. The van der Waals surface area contributed by atoms with E-state index in [9.17, 15) is 9.59 Å². The molecule has 3 aromatic rings. The van der Waals surface area contributed by atoms with Crippen molar-refractivity contribution in [3.63, 3.8) is 0 Å². The summed E-state index contributed by atoms with van der Waals surface area (Å²) in [6, 6.07) is 14.8. The van der Waals surface area contributed by atoms with E-state index in [-0.39, 0.29) is 23.8 Å². The van der Waals surface area contributed by atoms with Gasteiger partial charge in [-0.15, -0.1) is 0 Å². The Hall–Kier alpha value is -3.47. The molecular formula is C30H31NO4. The topological polar surface area (TPSA) is 65.5 Å². The summed E-state index contributed by atoms with van der Waals surface area (Å²) >= 11 is 0. The molecule has 2 aliphatic rings. The minimum atomic E-state index is -0.580. The van der Waals surface area contributed by atoms with Crippen LogP contribution >= 0.6 is 0 Å². The fourth-order valence-electron chi connectivity index (χ4n) is 6.02. The highest BCUT2D eigenvalue weighted by Gasteiger charge is 2.47. The summed E-state index contributed by atoms with van der Waals surface area (Å²) in [5.41, 5.74) is 4.58. The number of methoxy groups -OCH3 is 2. The Kier molecular flexibility index (Phi) is 5.96. The number of nitrogens with zero attached hydrogens (tertiary/aromatic N) is 1. The third-order valence-corrected chi connectivity index (χ3v) is 7.64. The summed E-state index contributed by atoms with van der Waals surface area (Å²) < 4.78 is 10.2. The standard InChI is InChI=1S/C30H31NO4/c1-18(28(32)34-3)16-30(17-19(2)29(33)35-4)24-14-21-10-6-5-9-20(21)13-23(24)27-25(30)15-22-11-7-8-12-26(22)31-27/h7-15,18-19H,5-6,16-17H2,1-4H3. The molecule has 0 saturated carbocycles. The molecule has 1 aromatic heterocycles. The number of carbonyl (C=O) groups excluding carboxylic acids is 2. The van der Waals surface area contributed by atoms with Gasteiger partial charge in [0, 0.05) is 16.4 Å². The smallest absolute Gasteiger partial charge is 0.308 e. The van der Waals surface area contributed by atoms with Crippen LogP contribution in [0, 0.1) is 11.8 Å². The van der Waals surface area contributed by atoms with Gasteiger partial charge in [-0.3, -0.25) is 9.59 Å². The van der Waals surface area contributed by atoms with Crippen LogP contribution < -0.4 is 10.4 Å². The van der Waals surface area contributed by atoms with Crippen LogP contribution in [-0.2, 0) is 24.5 Å². The van der Waals surface area contributed by atoms with E-state index < -0.39 is 5.41 Å². The van der Waals surface area contributed by atoms with Gasteiger partial charge in [-0.2, -0.15) is 0 Å². The number of rotatable bonds is 6. The average molecular weight is 470 g/mol. The van der Waals surface area contributed by atoms with Crippen molar-refractivity contribution in [3.8, 4) is 11.3 Å². The number of ether oxygens (including phenoxy) is 2. The van der Waals surface area contributed by atoms with Gasteiger partial charge in [0.1, 0.15) is 0 Å². The Labute approximate surface area is 205 Å². The van der Waals surface area contributed by atoms with Gasteiger partial charge >= 0.3 is 11.9 Å². The first-order chi connectivity index (χ1) is 16.9. The number of hydrogen-bond donors (Lipinski definition) is 0. The number of para-hydroxylation sites is 1. The van der Waals surface area contributed by atoms with Crippen molar-refractivity contribution in [1.82, 2.24) is 4.98 Å². The van der Waals surface area contributed by atoms with Gasteiger partial charge < -0.3 is 9.47 Å². The second kappa shape index (κ2) is 8.95. The van der Waals surface area contributed by atoms with E-state index in [1.54, 1.807) is 0 Å². The molecule has 5 nitrogen and oxygen atoms in total. The number of fused-ring (bicyclic) bond motifs is 5. The van der Waals surface area contributed by atoms with Crippen molar-refractivity contribution in [2.75, 3.05) is 14.2 Å². The second-order valence-corrected chi connectivity index (χ2v) is 9.93. The SMILES string of the molecule is COC(=O)C(C)CC1(CC(C)C(=O)OC)c2cc3c(cc2-c2nc4ccccc4cc21)=CCCC=3. The number of benzene rings is 2. The van der Waals surface area contributed by atoms with Crippen LogP contribution in [0.3, 0.4) is 0 Å². The number of hydrogen-bond acceptors (Lipinski definition) is 5. The van der Waals surface area contributed by atoms with E-state index in [0.717, 1.165) is 46.1 Å². The number of carbonyl (C=O) groups is 2. The average Bonchev–Trinajstić information content (AvgIpc) is 3.12. The maximum absolute atomic E-state index is 12.6. The summed E-state index contributed by atoms with van der Waals surface area (Å²) in [5.74, 6) is -1.23. The molecule has 5 heteroatoms. The minimum Gasteiger partial charge on any atom is -0.469 e. The molecule has 2 aromatic carbocycles. The van der Waals surface area contributed by atoms with Crippen LogP contribution in [-0.4, -0.2) is 31.1 Å². The monoisotopic (exact) mass is 469 g/mol. The number of pyridine rings is 1. The lowest BCUT2D eigenvalue weighted by Crippen LogP contribution is -2.36. The molecule has 0 amide bonds. The lowest BCUT2D eigenvalue weighted by atomic mass is 9.67. The molecule has 0 radical (unpaired) electrons. The molecule has 2 unspecified atom stereocenters. The normalized spacial score (nSPS) is 19.4. The summed E-state index contributed by atoms with van der Waals surface area (Å²) in [5, 5.41) is 3.46. The van der Waals surface area contributed by atoms with Gasteiger partial charge in [-0.25, -0.2) is 4.98 Å². The van der Waals surface area contributed by atoms with Gasteiger partial charge in [0.2, 0.25) is 0 Å². The maximum Gasteiger partial charge on any atom is 0.308 e. The van der Waals surface area contributed by atoms with Crippen molar-refractivity contribution >= 4 is 35.0 Å². The lowest BCUT2D eigenvalue weighted by Gasteiger charge is -2.35. The van der Waals surface area contributed by atoms with Crippen LogP contribution in [0.4, 0.5) is 0 Å². The summed E-state index contributed by atoms with van der Waals surface area (Å²) in [7, 11) is 2.85. The van der Waals surface area contributed by atoms with Crippen LogP contribution in [0.2, 0.25) is 0 Å². The molecule has 35 heavy (non-hydrogen) atoms. The van der Waals surface area contributed by atoms with Gasteiger partial charge in [0.25, 0.3) is 0 Å². The van der Waals surface area contributed by atoms with Gasteiger partial charge in [-0.1, -0.05) is 44.2 Å². The van der Waals surface area contributed by atoms with Crippen molar-refractivity contribution < 1.29 is 19.1 Å². The highest BCUT2D eigenvalue weighted by molar-refractivity contribution is 5.89. The van der Waals surface area contributed by atoms with Crippen LogP contribution in [0.15, 0.2) is 42.5 Å². The second-order valence-electron chi connectivity index (χ2n) is 9.93. The first-order valence-corrected chi connectivity index (χ1v) is 12.3. The van der Waals surface area contributed by atoms with E-state index in [4.69, 9.17) is 14.5 Å². The molecule has 0 saturated heterocycles. The highest BCUT2D eigenvalue weighted by Crippen LogP contribution is 2.54. The predicted molar refractivity (Wildman–Crippen MR) is 137 cm³/mol. The predicted octanol–water partition coefficient (Wildman–Crippen LogP) is 4.25. The molecule has 0 fully saturated rings. The summed E-state index contributed by atoms with van der Waals surface area (Å²) in [6.07, 6.45) is 7.62. The molecule has 180 valence electrons. The van der Waals surface area contributed by atoms with Crippen LogP contribution in [0.5, 0.6) is 0 Å². The molecule has 2 aliphatic carbocycles. The maximum atomic E-state index is 12.6. The molecule has 0 N–H and O–H groups in total. The fourth-order valence-corrected chi connectivity index (χ4v) is 6.02. The van der Waals surface area contributed by atoms with Crippen molar-refractivity contribution in [1.29, 1.82) is 0 Å². The zero-order valence-corrected chi connectivity index (χ0v) is 20.8. The van der Waals surface area contributed by atoms with Crippen molar-refractivity contribution in [2.24, 2.45) is 11.8 Å². The van der Waals surface area contributed by atoms with E-state index >= 15 is 0 Å². The molecule has 0 bridgehead atoms. The Balaban J connectivity index is 1.83. The molecule has 5 rings (SSSR count). The van der Waals surface area contributed by atoms with Gasteiger partial charge in [0.15, 0.2) is 0 Å². The van der Waals surface area contributed by atoms with Crippen LogP contribution in [0.1, 0.15) is 50.7 Å². The largest absolute Gasteiger partial charge is 0.469 e. The molecule has 0 spiro atoms. The number of esters is 2. The van der Waals surface area contributed by atoms with Gasteiger partial charge in [-0.05, 0) is 71.5 Å². The Bertz CT molecular complexity index is 1430. The number of aromatic nitrogens is 1.